The van der Waals surface area contributed by atoms with E-state index in [0.717, 1.165) is 43.1 Å². The van der Waals surface area contributed by atoms with Gasteiger partial charge in [0, 0.05) is 11.4 Å². The summed E-state index contributed by atoms with van der Waals surface area (Å²) in [6.45, 7) is -0.628. The van der Waals surface area contributed by atoms with Crippen molar-refractivity contribution in [3.63, 3.8) is 0 Å². The van der Waals surface area contributed by atoms with Crippen molar-refractivity contribution in [1.29, 1.82) is 0 Å². The van der Waals surface area contributed by atoms with E-state index in [9.17, 15) is 13.2 Å². The highest BCUT2D eigenvalue weighted by atomic mass is 19.4. The summed E-state index contributed by atoms with van der Waals surface area (Å²) in [6, 6.07) is 4.01. The Morgan fingerprint density at radius 3 is 2.67 bits per heavy atom. The molecule has 0 radical (unpaired) electrons. The number of imidazole rings is 1. The van der Waals surface area contributed by atoms with Gasteiger partial charge in [0.1, 0.15) is 0 Å². The molecule has 112 valence electrons. The summed E-state index contributed by atoms with van der Waals surface area (Å²) in [4.78, 5) is 4.30. The molecule has 21 heavy (non-hydrogen) atoms. The number of aryl methyl sites for hydroxylation is 1. The molecule has 2 aromatic rings. The average Bonchev–Trinajstić information content (AvgIpc) is 2.89. The smallest absolute Gasteiger partial charge is 0.392 e. The maximum atomic E-state index is 13.1. The highest BCUT2D eigenvalue weighted by Crippen LogP contribution is 2.34. The second-order valence-corrected chi connectivity index (χ2v) is 5.21. The number of rotatable bonds is 2. The number of nitrogens with zero attached hydrogens (tertiary/aromatic N) is 2. The fourth-order valence-electron chi connectivity index (χ4n) is 2.81. The highest BCUT2D eigenvalue weighted by molar-refractivity contribution is 5.44. The molecular formula is C15H15F3N2O. The van der Waals surface area contributed by atoms with Gasteiger partial charge < -0.3 is 9.67 Å². The van der Waals surface area contributed by atoms with Crippen LogP contribution in [0.5, 0.6) is 0 Å². The van der Waals surface area contributed by atoms with E-state index >= 15 is 0 Å². The molecule has 0 aliphatic heterocycles. The largest absolute Gasteiger partial charge is 0.416 e. The molecule has 0 bridgehead atoms. The zero-order valence-electron chi connectivity index (χ0n) is 11.3. The Morgan fingerprint density at radius 2 is 1.95 bits per heavy atom. The van der Waals surface area contributed by atoms with Gasteiger partial charge in [0.05, 0.1) is 24.2 Å². The van der Waals surface area contributed by atoms with E-state index < -0.39 is 18.3 Å². The maximum Gasteiger partial charge on any atom is 0.416 e. The van der Waals surface area contributed by atoms with Gasteiger partial charge in [-0.15, -0.1) is 0 Å². The van der Waals surface area contributed by atoms with Crippen LogP contribution < -0.4 is 0 Å². The third kappa shape index (κ3) is 2.55. The molecule has 0 atom stereocenters. The van der Waals surface area contributed by atoms with Crippen LogP contribution >= 0.6 is 0 Å². The number of halogens is 3. The zero-order valence-corrected chi connectivity index (χ0v) is 11.3. The first-order valence-electron chi connectivity index (χ1n) is 6.87. The molecule has 1 aromatic heterocycles. The van der Waals surface area contributed by atoms with Gasteiger partial charge in [-0.2, -0.15) is 13.2 Å². The standard InChI is InChI=1S/C15H15F3N2O/c16-15(17,18)12-7-11(6-5-10(12)8-21)20-9-19-13-3-1-2-4-14(13)20/h5-7,9,21H,1-4,8H2. The van der Waals surface area contributed by atoms with Crippen LogP contribution in [-0.2, 0) is 25.6 Å². The van der Waals surface area contributed by atoms with Gasteiger partial charge in [0.15, 0.2) is 0 Å². The van der Waals surface area contributed by atoms with Gasteiger partial charge in [-0.25, -0.2) is 4.98 Å². The van der Waals surface area contributed by atoms with Crippen LogP contribution in [0.15, 0.2) is 24.5 Å². The molecule has 1 aliphatic carbocycles. The minimum Gasteiger partial charge on any atom is -0.392 e. The molecule has 0 amide bonds. The van der Waals surface area contributed by atoms with Gasteiger partial charge in [-0.3, -0.25) is 0 Å². The Morgan fingerprint density at radius 1 is 1.19 bits per heavy atom. The fraction of sp³-hybridized carbons (Fsp3) is 0.400. The molecule has 1 N–H and O–H groups in total. The van der Waals surface area contributed by atoms with Crippen molar-refractivity contribution in [1.82, 2.24) is 9.55 Å². The van der Waals surface area contributed by atoms with Crippen molar-refractivity contribution in [3.05, 3.63) is 47.0 Å². The SMILES string of the molecule is OCc1ccc(-n2cnc3c2CCCC3)cc1C(F)(F)F. The van der Waals surface area contributed by atoms with Crippen LogP contribution in [0.3, 0.4) is 0 Å². The Bertz CT molecular complexity index is 661. The minimum atomic E-state index is -4.48. The van der Waals surface area contributed by atoms with Gasteiger partial charge in [0.2, 0.25) is 0 Å². The monoisotopic (exact) mass is 296 g/mol. The molecule has 0 saturated carbocycles. The predicted molar refractivity (Wildman–Crippen MR) is 71.1 cm³/mol. The Labute approximate surface area is 120 Å². The van der Waals surface area contributed by atoms with Gasteiger partial charge in [-0.1, -0.05) is 6.07 Å². The normalized spacial score (nSPS) is 15.0. The lowest BCUT2D eigenvalue weighted by atomic mass is 10.0. The van der Waals surface area contributed by atoms with Crippen LogP contribution in [0, 0.1) is 0 Å². The molecule has 1 aromatic carbocycles. The lowest BCUT2D eigenvalue weighted by Gasteiger charge is -2.17. The number of benzene rings is 1. The van der Waals surface area contributed by atoms with Gasteiger partial charge in [0.25, 0.3) is 0 Å². The van der Waals surface area contributed by atoms with E-state index in [-0.39, 0.29) is 5.56 Å². The molecule has 1 aliphatic rings. The quantitative estimate of drug-likeness (QED) is 0.923. The van der Waals surface area contributed by atoms with E-state index in [1.165, 1.54) is 6.07 Å². The summed E-state index contributed by atoms with van der Waals surface area (Å²) in [7, 11) is 0. The molecule has 0 fully saturated rings. The third-order valence-corrected chi connectivity index (χ3v) is 3.88. The number of alkyl halides is 3. The van der Waals surface area contributed by atoms with E-state index in [2.05, 4.69) is 4.98 Å². The van der Waals surface area contributed by atoms with E-state index in [1.807, 2.05) is 0 Å². The summed E-state index contributed by atoms with van der Waals surface area (Å²) in [6.07, 6.45) is 0.918. The Kier molecular flexibility index (Phi) is 3.49. The summed E-state index contributed by atoms with van der Waals surface area (Å²) in [5.74, 6) is 0. The maximum absolute atomic E-state index is 13.1. The zero-order chi connectivity index (χ0) is 15.0. The van der Waals surface area contributed by atoms with E-state index in [0.29, 0.717) is 5.69 Å². The van der Waals surface area contributed by atoms with Crippen LogP contribution in [0.2, 0.25) is 0 Å². The number of hydrogen-bond donors (Lipinski definition) is 1. The summed E-state index contributed by atoms with van der Waals surface area (Å²) >= 11 is 0. The Hall–Kier alpha value is -1.82. The fourth-order valence-corrected chi connectivity index (χ4v) is 2.81. The summed E-state index contributed by atoms with van der Waals surface area (Å²) < 4.78 is 40.9. The van der Waals surface area contributed by atoms with Crippen LogP contribution in [0.1, 0.15) is 35.4 Å². The van der Waals surface area contributed by atoms with E-state index in [1.54, 1.807) is 17.0 Å². The molecule has 0 unspecified atom stereocenters. The molecule has 1 heterocycles. The number of aliphatic hydroxyl groups excluding tert-OH is 1. The highest BCUT2D eigenvalue weighted by Gasteiger charge is 2.33. The third-order valence-electron chi connectivity index (χ3n) is 3.88. The molecule has 0 spiro atoms. The Balaban J connectivity index is 2.09. The van der Waals surface area contributed by atoms with Crippen molar-refractivity contribution in [2.45, 2.75) is 38.5 Å². The van der Waals surface area contributed by atoms with Gasteiger partial charge >= 0.3 is 6.18 Å². The second kappa shape index (κ2) is 5.18. The molecular weight excluding hydrogens is 281 g/mol. The second-order valence-electron chi connectivity index (χ2n) is 5.21. The lowest BCUT2D eigenvalue weighted by Crippen LogP contribution is -2.12. The van der Waals surface area contributed by atoms with Crippen molar-refractivity contribution in [2.75, 3.05) is 0 Å². The van der Waals surface area contributed by atoms with E-state index in [4.69, 9.17) is 5.11 Å². The molecule has 0 saturated heterocycles. The lowest BCUT2D eigenvalue weighted by molar-refractivity contribution is -0.138. The van der Waals surface area contributed by atoms with Gasteiger partial charge in [-0.05, 0) is 43.4 Å². The first kappa shape index (κ1) is 14.1. The molecule has 3 rings (SSSR count). The minimum absolute atomic E-state index is 0.111. The summed E-state index contributed by atoms with van der Waals surface area (Å²) in [5, 5.41) is 9.08. The predicted octanol–water partition coefficient (Wildman–Crippen LogP) is 3.26. The van der Waals surface area contributed by atoms with Crippen molar-refractivity contribution in [2.24, 2.45) is 0 Å². The van der Waals surface area contributed by atoms with Crippen LogP contribution in [0.25, 0.3) is 5.69 Å². The van der Waals surface area contributed by atoms with Crippen molar-refractivity contribution >= 4 is 0 Å². The van der Waals surface area contributed by atoms with Crippen LogP contribution in [-0.4, -0.2) is 14.7 Å². The van der Waals surface area contributed by atoms with Crippen LogP contribution in [0.4, 0.5) is 13.2 Å². The number of aliphatic hydroxyl groups is 1. The number of aromatic nitrogens is 2. The topological polar surface area (TPSA) is 38.0 Å². The first-order valence-corrected chi connectivity index (χ1v) is 6.87. The average molecular weight is 296 g/mol. The van der Waals surface area contributed by atoms with Crippen molar-refractivity contribution < 1.29 is 18.3 Å². The molecule has 6 heteroatoms. The summed E-state index contributed by atoms with van der Waals surface area (Å²) in [5.41, 5.74) is 1.50. The molecule has 3 nitrogen and oxygen atoms in total. The van der Waals surface area contributed by atoms with Crippen molar-refractivity contribution in [3.8, 4) is 5.69 Å². The number of fused-ring (bicyclic) bond motifs is 1. The first-order chi connectivity index (χ1) is 10.0. The number of hydrogen-bond acceptors (Lipinski definition) is 2.